The summed E-state index contributed by atoms with van der Waals surface area (Å²) in [6.45, 7) is 4.19. The maximum Gasteiger partial charge on any atom is 0.263 e. The van der Waals surface area contributed by atoms with Crippen LogP contribution >= 0.6 is 22.9 Å². The van der Waals surface area contributed by atoms with Crippen LogP contribution in [0.2, 0.25) is 5.02 Å². The van der Waals surface area contributed by atoms with Gasteiger partial charge in [-0.2, -0.15) is 0 Å². The van der Waals surface area contributed by atoms with Gasteiger partial charge < -0.3 is 10.1 Å². The second-order valence-electron chi connectivity index (χ2n) is 6.92. The summed E-state index contributed by atoms with van der Waals surface area (Å²) in [5.74, 6) is 0.456. The largest absolute Gasteiger partial charge is 0.494 e. The molecule has 1 unspecified atom stereocenters. The minimum atomic E-state index is -0.742. The van der Waals surface area contributed by atoms with Gasteiger partial charge in [-0.05, 0) is 55.8 Å². The number of fused-ring (bicyclic) bond motifs is 1. The molecule has 2 heterocycles. The van der Waals surface area contributed by atoms with Crippen LogP contribution in [0.4, 0.5) is 5.69 Å². The summed E-state index contributed by atoms with van der Waals surface area (Å²) in [6.07, 6.45) is 1.43. The van der Waals surface area contributed by atoms with E-state index in [9.17, 15) is 9.59 Å². The normalized spacial score (nSPS) is 12.0. The van der Waals surface area contributed by atoms with Crippen molar-refractivity contribution in [1.82, 2.24) is 9.55 Å². The topological polar surface area (TPSA) is 73.2 Å². The van der Waals surface area contributed by atoms with E-state index in [2.05, 4.69) is 10.3 Å². The summed E-state index contributed by atoms with van der Waals surface area (Å²) >= 11 is 7.29. The summed E-state index contributed by atoms with van der Waals surface area (Å²) in [5.41, 5.74) is 2.03. The van der Waals surface area contributed by atoms with E-state index in [0.717, 1.165) is 16.9 Å². The van der Waals surface area contributed by atoms with Crippen LogP contribution in [-0.2, 0) is 4.79 Å². The number of nitrogens with zero attached hydrogens (tertiary/aromatic N) is 2. The second-order valence-corrected chi connectivity index (χ2v) is 8.21. The van der Waals surface area contributed by atoms with Crippen LogP contribution < -0.4 is 15.6 Å². The Morgan fingerprint density at radius 2 is 1.90 bits per heavy atom. The molecule has 6 nitrogen and oxygen atoms in total. The van der Waals surface area contributed by atoms with Crippen molar-refractivity contribution < 1.29 is 9.53 Å². The molecule has 0 aliphatic carbocycles. The van der Waals surface area contributed by atoms with Gasteiger partial charge in [-0.15, -0.1) is 11.3 Å². The lowest BCUT2D eigenvalue weighted by Gasteiger charge is -2.15. The molecule has 8 heteroatoms. The predicted molar refractivity (Wildman–Crippen MR) is 125 cm³/mol. The average Bonchev–Trinajstić information content (AvgIpc) is 3.21. The number of anilines is 1. The molecule has 1 atom stereocenters. The van der Waals surface area contributed by atoms with Crippen molar-refractivity contribution in [3.8, 4) is 16.9 Å². The summed E-state index contributed by atoms with van der Waals surface area (Å²) in [5, 5.41) is 5.80. The number of carbonyl (C=O) groups excluding carboxylic acids is 1. The Labute approximate surface area is 188 Å². The van der Waals surface area contributed by atoms with Crippen molar-refractivity contribution >= 4 is 44.7 Å². The first kappa shape index (κ1) is 21.1. The molecule has 1 amide bonds. The molecule has 4 aromatic rings. The molecule has 0 bridgehead atoms. The Morgan fingerprint density at radius 1 is 1.19 bits per heavy atom. The third kappa shape index (κ3) is 4.33. The van der Waals surface area contributed by atoms with Crippen LogP contribution in [0, 0.1) is 0 Å². The number of ether oxygens (including phenoxy) is 1. The van der Waals surface area contributed by atoms with E-state index >= 15 is 0 Å². The van der Waals surface area contributed by atoms with Gasteiger partial charge in [0.25, 0.3) is 5.56 Å². The Bertz CT molecular complexity index is 1280. The predicted octanol–water partition coefficient (Wildman–Crippen LogP) is 5.38. The lowest BCUT2D eigenvalue weighted by Crippen LogP contribution is -2.31. The number of hydrogen-bond donors (Lipinski definition) is 1. The number of halogens is 1. The van der Waals surface area contributed by atoms with Crippen LogP contribution in [-0.4, -0.2) is 22.1 Å². The van der Waals surface area contributed by atoms with Gasteiger partial charge in [-0.25, -0.2) is 4.98 Å². The fraction of sp³-hybridized carbons (Fsp3) is 0.174. The molecule has 0 aliphatic heterocycles. The van der Waals surface area contributed by atoms with Crippen LogP contribution in [0.25, 0.3) is 21.3 Å². The Hall–Kier alpha value is -3.16. The van der Waals surface area contributed by atoms with Crippen molar-refractivity contribution in [3.05, 3.63) is 75.6 Å². The number of rotatable bonds is 6. The molecule has 0 spiro atoms. The van der Waals surface area contributed by atoms with Crippen molar-refractivity contribution in [2.75, 3.05) is 11.9 Å². The van der Waals surface area contributed by atoms with Gasteiger partial charge in [0, 0.05) is 21.7 Å². The number of benzene rings is 2. The first-order valence-electron chi connectivity index (χ1n) is 9.76. The third-order valence-corrected chi connectivity index (χ3v) is 6.04. The summed E-state index contributed by atoms with van der Waals surface area (Å²) in [4.78, 5) is 31.1. The average molecular weight is 454 g/mol. The first-order chi connectivity index (χ1) is 15.0. The van der Waals surface area contributed by atoms with E-state index in [1.807, 2.05) is 36.6 Å². The van der Waals surface area contributed by atoms with Gasteiger partial charge in [-0.3, -0.25) is 14.2 Å². The zero-order valence-electron chi connectivity index (χ0n) is 17.0. The molecule has 0 radical (unpaired) electrons. The van der Waals surface area contributed by atoms with E-state index in [0.29, 0.717) is 27.5 Å². The van der Waals surface area contributed by atoms with Gasteiger partial charge in [-0.1, -0.05) is 23.7 Å². The van der Waals surface area contributed by atoms with E-state index < -0.39 is 6.04 Å². The number of thiophene rings is 1. The molecule has 0 aliphatic rings. The highest BCUT2D eigenvalue weighted by Crippen LogP contribution is 2.32. The van der Waals surface area contributed by atoms with Crippen LogP contribution in [0.15, 0.2) is 65.0 Å². The smallest absolute Gasteiger partial charge is 0.263 e. The quantitative estimate of drug-likeness (QED) is 0.425. The first-order valence-corrected chi connectivity index (χ1v) is 11.0. The van der Waals surface area contributed by atoms with Gasteiger partial charge in [0.05, 0.1) is 18.3 Å². The van der Waals surface area contributed by atoms with Crippen molar-refractivity contribution in [1.29, 1.82) is 0 Å². The zero-order valence-corrected chi connectivity index (χ0v) is 18.5. The zero-order chi connectivity index (χ0) is 22.0. The second kappa shape index (κ2) is 8.91. The fourth-order valence-electron chi connectivity index (χ4n) is 3.24. The minimum Gasteiger partial charge on any atom is -0.494 e. The van der Waals surface area contributed by atoms with E-state index in [1.165, 1.54) is 22.2 Å². The maximum atomic E-state index is 13.3. The van der Waals surface area contributed by atoms with E-state index in [-0.39, 0.29) is 11.5 Å². The monoisotopic (exact) mass is 453 g/mol. The van der Waals surface area contributed by atoms with Crippen LogP contribution in [0.5, 0.6) is 5.75 Å². The molecule has 0 saturated carbocycles. The number of amides is 1. The molecule has 4 rings (SSSR count). The summed E-state index contributed by atoms with van der Waals surface area (Å²) in [6, 6.07) is 13.6. The highest BCUT2D eigenvalue weighted by molar-refractivity contribution is 7.17. The van der Waals surface area contributed by atoms with Crippen molar-refractivity contribution in [2.45, 2.75) is 19.9 Å². The number of hydrogen-bond acceptors (Lipinski definition) is 5. The summed E-state index contributed by atoms with van der Waals surface area (Å²) < 4.78 is 6.85. The van der Waals surface area contributed by atoms with Crippen LogP contribution in [0.3, 0.4) is 0 Å². The highest BCUT2D eigenvalue weighted by Gasteiger charge is 2.20. The van der Waals surface area contributed by atoms with Crippen LogP contribution in [0.1, 0.15) is 19.9 Å². The van der Waals surface area contributed by atoms with Gasteiger partial charge in [0.15, 0.2) is 0 Å². The number of aromatic nitrogens is 2. The fourth-order valence-corrected chi connectivity index (χ4v) is 4.27. The van der Waals surface area contributed by atoms with Gasteiger partial charge in [0.2, 0.25) is 5.91 Å². The minimum absolute atomic E-state index is 0.256. The molecule has 1 N–H and O–H groups in total. The molecular weight excluding hydrogens is 434 g/mol. The van der Waals surface area contributed by atoms with E-state index in [1.54, 1.807) is 31.2 Å². The standard InChI is InChI=1S/C23H20ClN3O3S/c1-3-30-18-10-4-15(5-11-18)19-12-31-22-20(19)23(29)27(13-25-22)14(2)21(28)26-17-8-6-16(24)7-9-17/h4-14H,3H2,1-2H3,(H,26,28). The van der Waals surface area contributed by atoms with E-state index in [4.69, 9.17) is 16.3 Å². The SMILES string of the molecule is CCOc1ccc(-c2csc3ncn(C(C)C(=O)Nc4ccc(Cl)cc4)c(=O)c23)cc1. The summed E-state index contributed by atoms with van der Waals surface area (Å²) in [7, 11) is 0. The molecule has 31 heavy (non-hydrogen) atoms. The lowest BCUT2D eigenvalue weighted by atomic mass is 10.1. The maximum absolute atomic E-state index is 13.3. The molecular formula is C23H20ClN3O3S. The molecule has 0 fully saturated rings. The van der Waals surface area contributed by atoms with Gasteiger partial charge >= 0.3 is 0 Å². The highest BCUT2D eigenvalue weighted by atomic mass is 35.5. The molecule has 2 aromatic heterocycles. The van der Waals surface area contributed by atoms with Crippen molar-refractivity contribution in [3.63, 3.8) is 0 Å². The Balaban J connectivity index is 1.67. The number of nitrogens with one attached hydrogen (secondary N) is 1. The molecule has 158 valence electrons. The van der Waals surface area contributed by atoms with Crippen molar-refractivity contribution in [2.24, 2.45) is 0 Å². The Kier molecular flexibility index (Phi) is 6.06. The Morgan fingerprint density at radius 3 is 2.58 bits per heavy atom. The number of carbonyl (C=O) groups is 1. The molecule has 2 aromatic carbocycles. The molecule has 0 saturated heterocycles. The lowest BCUT2D eigenvalue weighted by molar-refractivity contribution is -0.118. The van der Waals surface area contributed by atoms with Gasteiger partial charge in [0.1, 0.15) is 16.6 Å². The third-order valence-electron chi connectivity index (χ3n) is 4.90.